The molecule has 3 aromatic rings. The molecular formula is C17H15N3O3. The van der Waals surface area contributed by atoms with Crippen molar-refractivity contribution >= 4 is 5.91 Å². The molecule has 0 aromatic carbocycles. The topological polar surface area (TPSA) is 71.4 Å². The van der Waals surface area contributed by atoms with Crippen LogP contribution in [-0.2, 0) is 6.54 Å². The zero-order valence-electron chi connectivity index (χ0n) is 12.4. The SMILES string of the molecule is O=C(c1cc(-c2ccco2)c[nH]1)N1CCOc2cccnc2C1. The summed E-state index contributed by atoms with van der Waals surface area (Å²) in [7, 11) is 0. The third-order valence-corrected chi connectivity index (χ3v) is 3.81. The Labute approximate surface area is 132 Å². The van der Waals surface area contributed by atoms with E-state index in [1.54, 1.807) is 29.6 Å². The van der Waals surface area contributed by atoms with Crippen LogP contribution in [0.2, 0.25) is 0 Å². The van der Waals surface area contributed by atoms with Crippen molar-refractivity contribution in [3.63, 3.8) is 0 Å². The molecule has 0 atom stereocenters. The van der Waals surface area contributed by atoms with Crippen molar-refractivity contribution in [3.05, 3.63) is 60.4 Å². The number of ether oxygens (including phenoxy) is 1. The maximum absolute atomic E-state index is 12.7. The van der Waals surface area contributed by atoms with Crippen LogP contribution in [0.15, 0.2) is 53.4 Å². The molecule has 6 heteroatoms. The molecule has 3 aromatic heterocycles. The van der Waals surface area contributed by atoms with Crippen molar-refractivity contribution < 1.29 is 13.9 Å². The van der Waals surface area contributed by atoms with Crippen molar-refractivity contribution in [2.75, 3.05) is 13.2 Å². The lowest BCUT2D eigenvalue weighted by molar-refractivity contribution is 0.0726. The fourth-order valence-electron chi connectivity index (χ4n) is 2.65. The second-order valence-corrected chi connectivity index (χ2v) is 5.30. The summed E-state index contributed by atoms with van der Waals surface area (Å²) < 4.78 is 11.0. The zero-order valence-corrected chi connectivity index (χ0v) is 12.4. The smallest absolute Gasteiger partial charge is 0.270 e. The Kier molecular flexibility index (Phi) is 3.34. The van der Waals surface area contributed by atoms with Gasteiger partial charge in [0.1, 0.15) is 29.5 Å². The molecule has 0 saturated heterocycles. The number of aromatic nitrogens is 2. The fraction of sp³-hybridized carbons (Fsp3) is 0.176. The average Bonchev–Trinajstić information content (AvgIpc) is 3.21. The van der Waals surface area contributed by atoms with Gasteiger partial charge in [-0.1, -0.05) is 0 Å². The van der Waals surface area contributed by atoms with Gasteiger partial charge in [0.15, 0.2) is 0 Å². The van der Waals surface area contributed by atoms with Crippen LogP contribution < -0.4 is 4.74 Å². The fourth-order valence-corrected chi connectivity index (χ4v) is 2.65. The minimum atomic E-state index is -0.0788. The number of hydrogen-bond acceptors (Lipinski definition) is 4. The van der Waals surface area contributed by atoms with E-state index in [1.807, 2.05) is 24.3 Å². The molecular weight excluding hydrogens is 294 g/mol. The summed E-state index contributed by atoms with van der Waals surface area (Å²) in [6, 6.07) is 9.18. The van der Waals surface area contributed by atoms with Gasteiger partial charge >= 0.3 is 0 Å². The van der Waals surface area contributed by atoms with Gasteiger partial charge in [0, 0.05) is 18.0 Å². The van der Waals surface area contributed by atoms with Crippen LogP contribution in [0.4, 0.5) is 0 Å². The molecule has 0 saturated carbocycles. The number of rotatable bonds is 2. The molecule has 6 nitrogen and oxygen atoms in total. The normalized spacial score (nSPS) is 14.0. The van der Waals surface area contributed by atoms with Gasteiger partial charge in [-0.25, -0.2) is 0 Å². The summed E-state index contributed by atoms with van der Waals surface area (Å²) in [6.07, 6.45) is 5.09. The lowest BCUT2D eigenvalue weighted by Gasteiger charge is -2.18. The van der Waals surface area contributed by atoms with E-state index in [-0.39, 0.29) is 5.91 Å². The molecule has 1 aliphatic rings. The summed E-state index contributed by atoms with van der Waals surface area (Å²) in [5, 5.41) is 0. The van der Waals surface area contributed by atoms with Crippen molar-refractivity contribution in [1.82, 2.24) is 14.9 Å². The summed E-state index contributed by atoms with van der Waals surface area (Å²) in [6.45, 7) is 1.41. The molecule has 0 spiro atoms. The number of pyridine rings is 1. The van der Waals surface area contributed by atoms with E-state index < -0.39 is 0 Å². The molecule has 4 rings (SSSR count). The summed E-state index contributed by atoms with van der Waals surface area (Å²) >= 11 is 0. The van der Waals surface area contributed by atoms with Gasteiger partial charge in [-0.2, -0.15) is 0 Å². The predicted octanol–water partition coefficient (Wildman–Crippen LogP) is 2.70. The highest BCUT2D eigenvalue weighted by molar-refractivity contribution is 5.93. The van der Waals surface area contributed by atoms with Crippen molar-refractivity contribution in [3.8, 4) is 17.1 Å². The first-order valence-corrected chi connectivity index (χ1v) is 7.39. The third kappa shape index (κ3) is 2.59. The van der Waals surface area contributed by atoms with E-state index in [2.05, 4.69) is 9.97 Å². The van der Waals surface area contributed by atoms with Gasteiger partial charge in [-0.15, -0.1) is 0 Å². The van der Waals surface area contributed by atoms with E-state index in [1.165, 1.54) is 0 Å². The number of carbonyl (C=O) groups excluding carboxylic acids is 1. The van der Waals surface area contributed by atoms with E-state index in [9.17, 15) is 4.79 Å². The number of aromatic amines is 1. The largest absolute Gasteiger partial charge is 0.490 e. The van der Waals surface area contributed by atoms with Crippen molar-refractivity contribution in [1.29, 1.82) is 0 Å². The molecule has 0 bridgehead atoms. The maximum Gasteiger partial charge on any atom is 0.270 e. The number of nitrogens with one attached hydrogen (secondary N) is 1. The first-order chi connectivity index (χ1) is 11.3. The van der Waals surface area contributed by atoms with Crippen LogP contribution in [0, 0.1) is 0 Å². The Morgan fingerprint density at radius 2 is 2.26 bits per heavy atom. The summed E-state index contributed by atoms with van der Waals surface area (Å²) in [5.41, 5.74) is 2.15. The predicted molar refractivity (Wildman–Crippen MR) is 83.0 cm³/mol. The second kappa shape index (κ2) is 5.64. The lowest BCUT2D eigenvalue weighted by atomic mass is 10.2. The highest BCUT2D eigenvalue weighted by Gasteiger charge is 2.23. The minimum Gasteiger partial charge on any atom is -0.490 e. The summed E-state index contributed by atoms with van der Waals surface area (Å²) in [5.74, 6) is 1.39. The van der Waals surface area contributed by atoms with Gasteiger partial charge in [0.2, 0.25) is 0 Å². The Morgan fingerprint density at radius 3 is 3.13 bits per heavy atom. The molecule has 1 amide bonds. The number of furan rings is 1. The number of H-pyrrole nitrogens is 1. The molecule has 1 aliphatic heterocycles. The Bertz CT molecular complexity index is 823. The number of carbonyl (C=O) groups is 1. The van der Waals surface area contributed by atoms with E-state index in [0.717, 1.165) is 22.8 Å². The highest BCUT2D eigenvalue weighted by Crippen LogP contribution is 2.24. The molecule has 4 heterocycles. The number of fused-ring (bicyclic) bond motifs is 1. The van der Waals surface area contributed by atoms with Crippen LogP contribution in [0.3, 0.4) is 0 Å². The van der Waals surface area contributed by atoms with Crippen molar-refractivity contribution in [2.45, 2.75) is 6.54 Å². The van der Waals surface area contributed by atoms with E-state index >= 15 is 0 Å². The van der Waals surface area contributed by atoms with Gasteiger partial charge in [0.25, 0.3) is 5.91 Å². The molecule has 0 unspecified atom stereocenters. The lowest BCUT2D eigenvalue weighted by Crippen LogP contribution is -2.32. The number of nitrogens with zero attached hydrogens (tertiary/aromatic N) is 2. The minimum absolute atomic E-state index is 0.0788. The Hall–Kier alpha value is -3.02. The van der Waals surface area contributed by atoms with Gasteiger partial charge in [-0.3, -0.25) is 9.78 Å². The van der Waals surface area contributed by atoms with Crippen LogP contribution >= 0.6 is 0 Å². The molecule has 23 heavy (non-hydrogen) atoms. The molecule has 0 fully saturated rings. The third-order valence-electron chi connectivity index (χ3n) is 3.81. The van der Waals surface area contributed by atoms with Crippen molar-refractivity contribution in [2.24, 2.45) is 0 Å². The van der Waals surface area contributed by atoms with E-state index in [0.29, 0.717) is 25.4 Å². The standard InChI is InChI=1S/C17H15N3O3/c21-17(13-9-12(10-19-13)15-4-2-7-22-15)20-6-8-23-16-3-1-5-18-14(16)11-20/h1-5,7,9-10,19H,6,8,11H2. The molecule has 0 aliphatic carbocycles. The zero-order chi connectivity index (χ0) is 15.6. The second-order valence-electron chi connectivity index (χ2n) is 5.30. The number of amides is 1. The van der Waals surface area contributed by atoms with Gasteiger partial charge < -0.3 is 19.0 Å². The Morgan fingerprint density at radius 1 is 1.30 bits per heavy atom. The molecule has 1 N–H and O–H groups in total. The molecule has 116 valence electrons. The monoisotopic (exact) mass is 309 g/mol. The van der Waals surface area contributed by atoms with Gasteiger partial charge in [0.05, 0.1) is 19.4 Å². The quantitative estimate of drug-likeness (QED) is 0.790. The maximum atomic E-state index is 12.7. The van der Waals surface area contributed by atoms with E-state index in [4.69, 9.17) is 9.15 Å². The first kappa shape index (κ1) is 13.6. The summed E-state index contributed by atoms with van der Waals surface area (Å²) in [4.78, 5) is 21.8. The average molecular weight is 309 g/mol. The van der Waals surface area contributed by atoms with Crippen LogP contribution in [0.25, 0.3) is 11.3 Å². The number of hydrogen-bond donors (Lipinski definition) is 1. The van der Waals surface area contributed by atoms with Crippen LogP contribution in [-0.4, -0.2) is 33.9 Å². The molecule has 0 radical (unpaired) electrons. The Balaban J connectivity index is 1.57. The van der Waals surface area contributed by atoms with Crippen LogP contribution in [0.5, 0.6) is 5.75 Å². The highest BCUT2D eigenvalue weighted by atomic mass is 16.5. The van der Waals surface area contributed by atoms with Gasteiger partial charge in [-0.05, 0) is 30.3 Å². The first-order valence-electron chi connectivity index (χ1n) is 7.39. The van der Waals surface area contributed by atoms with Crippen LogP contribution in [0.1, 0.15) is 16.2 Å².